The molecule has 2 heterocycles. The lowest BCUT2D eigenvalue weighted by atomic mass is 9.94. The van der Waals surface area contributed by atoms with Gasteiger partial charge in [0, 0.05) is 25.0 Å². The van der Waals surface area contributed by atoms with Crippen LogP contribution in [0.2, 0.25) is 5.02 Å². The Hall–Kier alpha value is -0.640. The Morgan fingerprint density at radius 2 is 2.17 bits per heavy atom. The van der Waals surface area contributed by atoms with Crippen molar-refractivity contribution in [1.82, 2.24) is 10.3 Å². The Kier molecular flexibility index (Phi) is 3.67. The number of aromatic nitrogens is 1. The number of nitrogens with one attached hydrogen (secondary N) is 1. The second-order valence-corrected chi connectivity index (χ2v) is 6.48. The van der Waals surface area contributed by atoms with Crippen molar-refractivity contribution in [3.8, 4) is 0 Å². The highest BCUT2D eigenvalue weighted by Crippen LogP contribution is 2.37. The van der Waals surface area contributed by atoms with E-state index in [-0.39, 0.29) is 11.2 Å². The first-order valence-corrected chi connectivity index (χ1v) is 6.70. The molecule has 0 bridgehead atoms. The molecule has 1 aromatic heterocycles. The van der Waals surface area contributed by atoms with Gasteiger partial charge >= 0.3 is 0 Å². The van der Waals surface area contributed by atoms with Gasteiger partial charge in [0.15, 0.2) is 0 Å². The van der Waals surface area contributed by atoms with Gasteiger partial charge in [-0.1, -0.05) is 11.6 Å². The van der Waals surface area contributed by atoms with Gasteiger partial charge in [0.05, 0.1) is 16.2 Å². The minimum absolute atomic E-state index is 0.0663. The summed E-state index contributed by atoms with van der Waals surface area (Å²) in [6.45, 7) is 9.28. The van der Waals surface area contributed by atoms with Crippen LogP contribution in [0.5, 0.6) is 0 Å². The maximum absolute atomic E-state index is 6.10. The number of hydrogen-bond acceptors (Lipinski definition) is 3. The fraction of sp³-hybridized carbons (Fsp3) is 0.643. The van der Waals surface area contributed by atoms with E-state index in [0.717, 1.165) is 18.5 Å². The topological polar surface area (TPSA) is 34.2 Å². The Morgan fingerprint density at radius 1 is 1.44 bits per heavy atom. The van der Waals surface area contributed by atoms with Crippen molar-refractivity contribution < 1.29 is 4.74 Å². The van der Waals surface area contributed by atoms with E-state index in [4.69, 9.17) is 16.3 Å². The predicted molar refractivity (Wildman–Crippen MR) is 73.7 cm³/mol. The number of ether oxygens (including phenoxy) is 1. The third-order valence-electron chi connectivity index (χ3n) is 3.47. The average molecular weight is 269 g/mol. The van der Waals surface area contributed by atoms with Crippen molar-refractivity contribution in [2.24, 2.45) is 0 Å². The summed E-state index contributed by atoms with van der Waals surface area (Å²) in [7, 11) is 0. The smallest absolute Gasteiger partial charge is 0.0787 e. The van der Waals surface area contributed by atoms with Gasteiger partial charge in [-0.05, 0) is 45.7 Å². The van der Waals surface area contributed by atoms with Crippen molar-refractivity contribution in [2.45, 2.75) is 57.9 Å². The third kappa shape index (κ3) is 3.02. The molecule has 1 fully saturated rings. The van der Waals surface area contributed by atoms with Crippen LogP contribution in [0.1, 0.15) is 39.7 Å². The summed E-state index contributed by atoms with van der Waals surface area (Å²) in [5, 5.41) is 4.26. The number of rotatable bonds is 3. The molecular weight excluding hydrogens is 248 g/mol. The maximum atomic E-state index is 6.10. The van der Waals surface area contributed by atoms with Crippen molar-refractivity contribution in [2.75, 3.05) is 0 Å². The molecule has 0 amide bonds. The van der Waals surface area contributed by atoms with Crippen LogP contribution in [-0.4, -0.2) is 22.2 Å². The first kappa shape index (κ1) is 13.8. The van der Waals surface area contributed by atoms with Gasteiger partial charge < -0.3 is 10.1 Å². The van der Waals surface area contributed by atoms with Crippen LogP contribution >= 0.6 is 11.6 Å². The van der Waals surface area contributed by atoms with Gasteiger partial charge in [-0.3, -0.25) is 4.98 Å². The molecule has 1 N–H and O–H groups in total. The summed E-state index contributed by atoms with van der Waals surface area (Å²) >= 11 is 6.10. The largest absolute Gasteiger partial charge is 0.368 e. The van der Waals surface area contributed by atoms with Gasteiger partial charge in [-0.25, -0.2) is 0 Å². The summed E-state index contributed by atoms with van der Waals surface area (Å²) in [6, 6.07) is 2.28. The fourth-order valence-electron chi connectivity index (χ4n) is 2.66. The summed E-state index contributed by atoms with van der Waals surface area (Å²) in [5.41, 5.74) is 0.860. The molecular formula is C14H21ClN2O. The van der Waals surface area contributed by atoms with Crippen LogP contribution in [0.25, 0.3) is 0 Å². The SMILES string of the molecule is CC1(C)C[C@@H](NCc2ccncc2Cl)C(C)(C)O1. The highest BCUT2D eigenvalue weighted by molar-refractivity contribution is 6.31. The molecule has 4 heteroatoms. The maximum Gasteiger partial charge on any atom is 0.0787 e. The summed E-state index contributed by atoms with van der Waals surface area (Å²) in [5.74, 6) is 0. The highest BCUT2D eigenvalue weighted by atomic mass is 35.5. The standard InChI is InChI=1S/C14H21ClN2O/c1-13(2)7-12(14(3,4)18-13)17-8-10-5-6-16-9-11(10)15/h5-6,9,12,17H,7-8H2,1-4H3/t12-/m1/s1. The molecule has 1 saturated heterocycles. The number of nitrogens with zero attached hydrogens (tertiary/aromatic N) is 1. The van der Waals surface area contributed by atoms with E-state index in [1.54, 1.807) is 12.4 Å². The summed E-state index contributed by atoms with van der Waals surface area (Å²) in [6.07, 6.45) is 4.45. The third-order valence-corrected chi connectivity index (χ3v) is 3.81. The molecule has 0 spiro atoms. The highest BCUT2D eigenvalue weighted by Gasteiger charge is 2.45. The first-order valence-electron chi connectivity index (χ1n) is 6.32. The van der Waals surface area contributed by atoms with Crippen LogP contribution in [0.4, 0.5) is 0 Å². The zero-order valence-corrected chi connectivity index (χ0v) is 12.2. The minimum atomic E-state index is -0.150. The van der Waals surface area contributed by atoms with Crippen LogP contribution in [-0.2, 0) is 11.3 Å². The molecule has 1 aliphatic heterocycles. The second kappa shape index (κ2) is 4.80. The van der Waals surface area contributed by atoms with Crippen molar-refractivity contribution >= 4 is 11.6 Å². The van der Waals surface area contributed by atoms with Crippen molar-refractivity contribution in [3.05, 3.63) is 29.0 Å². The van der Waals surface area contributed by atoms with Gasteiger partial charge in [-0.15, -0.1) is 0 Å². The van der Waals surface area contributed by atoms with E-state index >= 15 is 0 Å². The average Bonchev–Trinajstić information content (AvgIpc) is 2.45. The minimum Gasteiger partial charge on any atom is -0.368 e. The Labute approximate surface area is 114 Å². The molecule has 0 radical (unpaired) electrons. The quantitative estimate of drug-likeness (QED) is 0.914. The molecule has 100 valence electrons. The predicted octanol–water partition coefficient (Wildman–Crippen LogP) is 3.17. The van der Waals surface area contributed by atoms with Crippen LogP contribution in [0, 0.1) is 0 Å². The molecule has 1 atom stereocenters. The van der Waals surface area contributed by atoms with E-state index in [0.29, 0.717) is 11.1 Å². The van der Waals surface area contributed by atoms with E-state index in [2.05, 4.69) is 38.0 Å². The molecule has 0 unspecified atom stereocenters. The lowest BCUT2D eigenvalue weighted by Gasteiger charge is -2.28. The molecule has 0 saturated carbocycles. The lowest BCUT2D eigenvalue weighted by Crippen LogP contribution is -2.42. The zero-order valence-electron chi connectivity index (χ0n) is 11.5. The molecule has 0 aliphatic carbocycles. The Balaban J connectivity index is 2.01. The molecule has 18 heavy (non-hydrogen) atoms. The summed E-state index contributed by atoms with van der Waals surface area (Å²) in [4.78, 5) is 3.99. The normalized spacial score (nSPS) is 25.3. The molecule has 1 aliphatic rings. The zero-order chi connectivity index (χ0) is 13.4. The molecule has 2 rings (SSSR count). The number of pyridine rings is 1. The number of hydrogen-bond donors (Lipinski definition) is 1. The van der Waals surface area contributed by atoms with E-state index < -0.39 is 0 Å². The Bertz CT molecular complexity index is 432. The van der Waals surface area contributed by atoms with Crippen molar-refractivity contribution in [3.63, 3.8) is 0 Å². The molecule has 0 aromatic carbocycles. The number of halogens is 1. The lowest BCUT2D eigenvalue weighted by molar-refractivity contribution is -0.0699. The van der Waals surface area contributed by atoms with Crippen LogP contribution < -0.4 is 5.32 Å². The second-order valence-electron chi connectivity index (χ2n) is 6.07. The van der Waals surface area contributed by atoms with E-state index in [9.17, 15) is 0 Å². The van der Waals surface area contributed by atoms with E-state index in [1.807, 2.05) is 6.07 Å². The Morgan fingerprint density at radius 3 is 2.72 bits per heavy atom. The first-order chi connectivity index (χ1) is 8.30. The summed E-state index contributed by atoms with van der Waals surface area (Å²) < 4.78 is 6.06. The van der Waals surface area contributed by atoms with Gasteiger partial charge in [0.25, 0.3) is 0 Å². The fourth-order valence-corrected chi connectivity index (χ4v) is 2.85. The van der Waals surface area contributed by atoms with Crippen molar-refractivity contribution in [1.29, 1.82) is 0 Å². The van der Waals surface area contributed by atoms with Crippen LogP contribution in [0.3, 0.4) is 0 Å². The van der Waals surface area contributed by atoms with Gasteiger partial charge in [0.1, 0.15) is 0 Å². The van der Waals surface area contributed by atoms with Gasteiger partial charge in [0.2, 0.25) is 0 Å². The van der Waals surface area contributed by atoms with Gasteiger partial charge in [-0.2, -0.15) is 0 Å². The van der Waals surface area contributed by atoms with Crippen LogP contribution in [0.15, 0.2) is 18.5 Å². The molecule has 3 nitrogen and oxygen atoms in total. The molecule has 1 aromatic rings. The monoisotopic (exact) mass is 268 g/mol. The van der Waals surface area contributed by atoms with E-state index in [1.165, 1.54) is 0 Å².